The summed E-state index contributed by atoms with van der Waals surface area (Å²) in [5.41, 5.74) is 3.04. The highest BCUT2D eigenvalue weighted by molar-refractivity contribution is 5.93. The Morgan fingerprint density at radius 3 is 2.60 bits per heavy atom. The van der Waals surface area contributed by atoms with Crippen molar-refractivity contribution in [3.63, 3.8) is 0 Å². The van der Waals surface area contributed by atoms with Crippen LogP contribution in [0.25, 0.3) is 22.2 Å². The van der Waals surface area contributed by atoms with Gasteiger partial charge in [0, 0.05) is 56.6 Å². The smallest absolute Gasteiger partial charge is 0.211 e. The number of nitrogens with zero attached hydrogens (tertiary/aromatic N) is 7. The summed E-state index contributed by atoms with van der Waals surface area (Å²) in [4.78, 5) is 4.52. The number of pyridine rings is 1. The number of fused-ring (bicyclic) bond motifs is 1. The van der Waals surface area contributed by atoms with Gasteiger partial charge >= 0.3 is 0 Å². The summed E-state index contributed by atoms with van der Waals surface area (Å²) in [5.74, 6) is 1.67. The Bertz CT molecular complexity index is 1170. The monoisotopic (exact) mass is 406 g/mol. The molecule has 1 aliphatic carbocycles. The van der Waals surface area contributed by atoms with E-state index in [0.29, 0.717) is 6.04 Å². The van der Waals surface area contributed by atoms with Crippen LogP contribution in [0.4, 0.5) is 5.82 Å². The molecule has 4 aromatic rings. The minimum atomic E-state index is 0.214. The van der Waals surface area contributed by atoms with Gasteiger partial charge < -0.3 is 10.1 Å². The van der Waals surface area contributed by atoms with Crippen molar-refractivity contribution in [3.05, 3.63) is 36.9 Å². The first-order valence-corrected chi connectivity index (χ1v) is 10.3. The molecule has 0 amide bonds. The lowest BCUT2D eigenvalue weighted by atomic mass is 9.93. The van der Waals surface area contributed by atoms with E-state index in [1.165, 1.54) is 0 Å². The quantitative estimate of drug-likeness (QED) is 0.548. The maximum atomic E-state index is 6.15. The van der Waals surface area contributed by atoms with E-state index in [-0.39, 0.29) is 6.10 Å². The number of ether oxygens (including phenoxy) is 1. The number of hydrogen-bond donors (Lipinski definition) is 1. The van der Waals surface area contributed by atoms with Crippen LogP contribution in [-0.4, -0.2) is 47.5 Å². The third-order valence-corrected chi connectivity index (χ3v) is 5.88. The first-order chi connectivity index (χ1) is 14.6. The van der Waals surface area contributed by atoms with Crippen LogP contribution in [0.1, 0.15) is 31.7 Å². The zero-order valence-electron chi connectivity index (χ0n) is 17.5. The highest BCUT2D eigenvalue weighted by Crippen LogP contribution is 2.36. The molecule has 1 N–H and O–H groups in total. The van der Waals surface area contributed by atoms with Gasteiger partial charge in [-0.3, -0.25) is 9.36 Å². The van der Waals surface area contributed by atoms with Gasteiger partial charge in [0.15, 0.2) is 0 Å². The van der Waals surface area contributed by atoms with Gasteiger partial charge in [0.2, 0.25) is 5.88 Å². The van der Waals surface area contributed by atoms with E-state index in [1.54, 1.807) is 15.6 Å². The van der Waals surface area contributed by atoms with E-state index in [1.807, 2.05) is 45.8 Å². The summed E-state index contributed by atoms with van der Waals surface area (Å²) in [6.45, 7) is 0. The Balaban J connectivity index is 1.43. The second kappa shape index (κ2) is 7.47. The standard InChI is InChI=1S/C21H26N8O/c1-22-19-10-18-17(12-23-19)21(14-11-25-27(2)13-14)26-29(18)15-4-6-16(7-5-15)30-20-8-9-24-28(20)3/h8-13,15-16H,4-7H2,1-3H3,(H,22,23). The first kappa shape index (κ1) is 18.7. The molecule has 156 valence electrons. The van der Waals surface area contributed by atoms with E-state index < -0.39 is 0 Å². The summed E-state index contributed by atoms with van der Waals surface area (Å²) >= 11 is 0. The lowest BCUT2D eigenvalue weighted by Crippen LogP contribution is -2.26. The molecule has 0 aromatic carbocycles. The predicted octanol–water partition coefficient (Wildman–Crippen LogP) is 3.17. The number of hydrogen-bond acceptors (Lipinski definition) is 6. The maximum Gasteiger partial charge on any atom is 0.211 e. The van der Waals surface area contributed by atoms with Crippen LogP contribution in [0.2, 0.25) is 0 Å². The zero-order chi connectivity index (χ0) is 20.7. The summed E-state index contributed by atoms with van der Waals surface area (Å²) in [6, 6.07) is 4.33. The van der Waals surface area contributed by atoms with Crippen LogP contribution < -0.4 is 10.1 Å². The molecule has 1 saturated carbocycles. The fourth-order valence-corrected chi connectivity index (χ4v) is 4.26. The number of aryl methyl sites for hydroxylation is 2. The van der Waals surface area contributed by atoms with Crippen molar-refractivity contribution in [2.75, 3.05) is 12.4 Å². The molecule has 4 heterocycles. The number of rotatable bonds is 5. The summed E-state index contributed by atoms with van der Waals surface area (Å²) in [7, 11) is 5.71. The third kappa shape index (κ3) is 3.30. The molecule has 1 aliphatic rings. The van der Waals surface area contributed by atoms with Crippen molar-refractivity contribution in [3.8, 4) is 17.1 Å². The molecule has 1 fully saturated rings. The van der Waals surface area contributed by atoms with Crippen LogP contribution in [0, 0.1) is 0 Å². The molecule has 9 nitrogen and oxygen atoms in total. The van der Waals surface area contributed by atoms with E-state index in [0.717, 1.165) is 59.5 Å². The Morgan fingerprint density at radius 1 is 1.10 bits per heavy atom. The van der Waals surface area contributed by atoms with Crippen molar-refractivity contribution < 1.29 is 4.74 Å². The summed E-state index contributed by atoms with van der Waals surface area (Å²) in [5, 5.41) is 17.7. The SMILES string of the molecule is CNc1cc2c(cn1)c(-c1cnn(C)c1)nn2C1CCC(Oc2ccnn2C)CC1. The van der Waals surface area contributed by atoms with E-state index in [4.69, 9.17) is 9.84 Å². The van der Waals surface area contributed by atoms with Crippen molar-refractivity contribution in [1.82, 2.24) is 34.3 Å². The highest BCUT2D eigenvalue weighted by atomic mass is 16.5. The first-order valence-electron chi connectivity index (χ1n) is 10.3. The molecular weight excluding hydrogens is 380 g/mol. The Labute approximate surface area is 174 Å². The zero-order valence-corrected chi connectivity index (χ0v) is 17.5. The Kier molecular flexibility index (Phi) is 4.65. The van der Waals surface area contributed by atoms with E-state index >= 15 is 0 Å². The van der Waals surface area contributed by atoms with Gasteiger partial charge in [-0.2, -0.15) is 15.3 Å². The normalized spacial score (nSPS) is 19.3. The molecular formula is C21H26N8O. The molecule has 5 rings (SSSR count). The molecule has 0 radical (unpaired) electrons. The van der Waals surface area contributed by atoms with Crippen LogP contribution in [-0.2, 0) is 14.1 Å². The van der Waals surface area contributed by atoms with Crippen molar-refractivity contribution in [2.45, 2.75) is 37.8 Å². The maximum absolute atomic E-state index is 6.15. The van der Waals surface area contributed by atoms with Crippen molar-refractivity contribution in [1.29, 1.82) is 0 Å². The van der Waals surface area contributed by atoms with Gasteiger partial charge in [0.1, 0.15) is 17.6 Å². The number of aromatic nitrogens is 7. The molecule has 9 heteroatoms. The van der Waals surface area contributed by atoms with Gasteiger partial charge in [0.05, 0.1) is 24.0 Å². The van der Waals surface area contributed by atoms with E-state index in [2.05, 4.69) is 31.2 Å². The molecule has 0 saturated heterocycles. The molecule has 0 spiro atoms. The molecule has 30 heavy (non-hydrogen) atoms. The lowest BCUT2D eigenvalue weighted by molar-refractivity contribution is 0.121. The van der Waals surface area contributed by atoms with Crippen LogP contribution in [0.3, 0.4) is 0 Å². The summed E-state index contributed by atoms with van der Waals surface area (Å²) < 4.78 is 11.9. The minimum absolute atomic E-state index is 0.214. The molecule has 0 aliphatic heterocycles. The second-order valence-corrected chi connectivity index (χ2v) is 7.87. The van der Waals surface area contributed by atoms with E-state index in [9.17, 15) is 0 Å². The van der Waals surface area contributed by atoms with Gasteiger partial charge in [-0.25, -0.2) is 9.67 Å². The second-order valence-electron chi connectivity index (χ2n) is 7.87. The van der Waals surface area contributed by atoms with Crippen molar-refractivity contribution in [2.24, 2.45) is 14.1 Å². The molecule has 0 unspecified atom stereocenters. The fourth-order valence-electron chi connectivity index (χ4n) is 4.26. The summed E-state index contributed by atoms with van der Waals surface area (Å²) in [6.07, 6.45) is 11.8. The van der Waals surface area contributed by atoms with Gasteiger partial charge in [-0.1, -0.05) is 0 Å². The van der Waals surface area contributed by atoms with Gasteiger partial charge in [-0.15, -0.1) is 0 Å². The van der Waals surface area contributed by atoms with Crippen LogP contribution in [0.5, 0.6) is 5.88 Å². The number of anilines is 1. The van der Waals surface area contributed by atoms with Crippen LogP contribution >= 0.6 is 0 Å². The average Bonchev–Trinajstić information content (AvgIpc) is 3.47. The average molecular weight is 406 g/mol. The Morgan fingerprint density at radius 2 is 1.93 bits per heavy atom. The molecule has 0 atom stereocenters. The predicted molar refractivity (Wildman–Crippen MR) is 114 cm³/mol. The topological polar surface area (TPSA) is 87.6 Å². The lowest BCUT2D eigenvalue weighted by Gasteiger charge is -2.29. The highest BCUT2D eigenvalue weighted by Gasteiger charge is 2.27. The van der Waals surface area contributed by atoms with Gasteiger partial charge in [-0.05, 0) is 25.7 Å². The minimum Gasteiger partial charge on any atom is -0.475 e. The van der Waals surface area contributed by atoms with Gasteiger partial charge in [0.25, 0.3) is 0 Å². The molecule has 0 bridgehead atoms. The largest absolute Gasteiger partial charge is 0.475 e. The molecule has 4 aromatic heterocycles. The third-order valence-electron chi connectivity index (χ3n) is 5.88. The number of nitrogens with one attached hydrogen (secondary N) is 1. The Hall–Kier alpha value is -3.36. The van der Waals surface area contributed by atoms with Crippen molar-refractivity contribution >= 4 is 16.7 Å². The fraction of sp³-hybridized carbons (Fsp3) is 0.429. The van der Waals surface area contributed by atoms with Crippen LogP contribution in [0.15, 0.2) is 36.9 Å².